The minimum atomic E-state index is -0.529. The molecule has 0 radical (unpaired) electrons. The highest BCUT2D eigenvalue weighted by atomic mass is 19.1. The van der Waals surface area contributed by atoms with Gasteiger partial charge in [-0.1, -0.05) is 6.07 Å². The van der Waals surface area contributed by atoms with E-state index in [1.54, 1.807) is 0 Å². The summed E-state index contributed by atoms with van der Waals surface area (Å²) in [5, 5.41) is 0. The van der Waals surface area contributed by atoms with Gasteiger partial charge in [0.05, 0.1) is 0 Å². The zero-order valence-electron chi connectivity index (χ0n) is 10.9. The van der Waals surface area contributed by atoms with Crippen molar-refractivity contribution in [3.05, 3.63) is 35.4 Å². The number of likely N-dealkylation sites (tertiary alicyclic amines) is 1. The van der Waals surface area contributed by atoms with Gasteiger partial charge in [-0.2, -0.15) is 0 Å². The Morgan fingerprint density at radius 2 is 2.06 bits per heavy atom. The average Bonchev–Trinajstić information content (AvgIpc) is 2.77. The van der Waals surface area contributed by atoms with E-state index in [1.165, 1.54) is 12.1 Å². The standard InChI is InChI=1S/C14H20F2N2/c1-9(17)11-5-6-18(8-11)10(2)13-4-3-12(15)7-14(13)16/h3-4,7,9-11H,5-6,8,17H2,1-2H3. The smallest absolute Gasteiger partial charge is 0.130 e. The van der Waals surface area contributed by atoms with Crippen LogP contribution in [-0.2, 0) is 0 Å². The van der Waals surface area contributed by atoms with Crippen LogP contribution in [0.25, 0.3) is 0 Å². The van der Waals surface area contributed by atoms with Crippen molar-refractivity contribution < 1.29 is 8.78 Å². The molecule has 1 aromatic rings. The van der Waals surface area contributed by atoms with Gasteiger partial charge >= 0.3 is 0 Å². The van der Waals surface area contributed by atoms with Crippen molar-refractivity contribution in [2.24, 2.45) is 11.7 Å². The highest BCUT2D eigenvalue weighted by molar-refractivity contribution is 5.22. The second-order valence-corrected chi connectivity index (χ2v) is 5.24. The summed E-state index contributed by atoms with van der Waals surface area (Å²) >= 11 is 0. The van der Waals surface area contributed by atoms with Gasteiger partial charge in [-0.25, -0.2) is 8.78 Å². The SMILES string of the molecule is CC(N)C1CCN(C(C)c2ccc(F)cc2F)C1. The van der Waals surface area contributed by atoms with E-state index in [-0.39, 0.29) is 12.1 Å². The molecule has 0 bridgehead atoms. The molecule has 0 spiro atoms. The number of benzene rings is 1. The lowest BCUT2D eigenvalue weighted by molar-refractivity contribution is 0.243. The maximum absolute atomic E-state index is 13.7. The highest BCUT2D eigenvalue weighted by Crippen LogP contribution is 2.29. The molecule has 1 aromatic carbocycles. The van der Waals surface area contributed by atoms with E-state index in [0.717, 1.165) is 25.6 Å². The molecule has 4 heteroatoms. The van der Waals surface area contributed by atoms with Crippen LogP contribution in [0.3, 0.4) is 0 Å². The molecule has 3 unspecified atom stereocenters. The molecule has 0 saturated carbocycles. The zero-order chi connectivity index (χ0) is 13.3. The van der Waals surface area contributed by atoms with E-state index in [2.05, 4.69) is 4.90 Å². The third-order valence-electron chi connectivity index (χ3n) is 3.96. The Labute approximate surface area is 107 Å². The van der Waals surface area contributed by atoms with Gasteiger partial charge in [-0.15, -0.1) is 0 Å². The molecular formula is C14H20F2N2. The lowest BCUT2D eigenvalue weighted by Crippen LogP contribution is -2.31. The van der Waals surface area contributed by atoms with Crippen LogP contribution in [0.5, 0.6) is 0 Å². The van der Waals surface area contributed by atoms with E-state index in [4.69, 9.17) is 5.73 Å². The lowest BCUT2D eigenvalue weighted by atomic mass is 10.0. The summed E-state index contributed by atoms with van der Waals surface area (Å²) in [6.45, 7) is 5.77. The van der Waals surface area contributed by atoms with Gasteiger partial charge in [0.25, 0.3) is 0 Å². The van der Waals surface area contributed by atoms with E-state index in [0.29, 0.717) is 11.5 Å². The topological polar surface area (TPSA) is 29.3 Å². The van der Waals surface area contributed by atoms with Crippen LogP contribution in [0.15, 0.2) is 18.2 Å². The van der Waals surface area contributed by atoms with E-state index >= 15 is 0 Å². The van der Waals surface area contributed by atoms with Gasteiger partial charge in [-0.05, 0) is 38.8 Å². The van der Waals surface area contributed by atoms with Gasteiger partial charge in [0.15, 0.2) is 0 Å². The predicted molar refractivity (Wildman–Crippen MR) is 68.1 cm³/mol. The molecule has 0 aliphatic carbocycles. The molecule has 0 aromatic heterocycles. The number of halogens is 2. The molecule has 18 heavy (non-hydrogen) atoms. The van der Waals surface area contributed by atoms with Crippen molar-refractivity contribution in [1.82, 2.24) is 4.90 Å². The normalized spacial score (nSPS) is 24.2. The number of rotatable bonds is 3. The van der Waals surface area contributed by atoms with Crippen molar-refractivity contribution in [3.63, 3.8) is 0 Å². The second-order valence-electron chi connectivity index (χ2n) is 5.24. The fraction of sp³-hybridized carbons (Fsp3) is 0.571. The third-order valence-corrected chi connectivity index (χ3v) is 3.96. The zero-order valence-corrected chi connectivity index (χ0v) is 10.9. The maximum Gasteiger partial charge on any atom is 0.130 e. The molecule has 2 nitrogen and oxygen atoms in total. The monoisotopic (exact) mass is 254 g/mol. The lowest BCUT2D eigenvalue weighted by Gasteiger charge is -2.25. The first-order valence-electron chi connectivity index (χ1n) is 6.43. The first-order valence-corrected chi connectivity index (χ1v) is 6.43. The van der Waals surface area contributed by atoms with Gasteiger partial charge in [-0.3, -0.25) is 4.90 Å². The summed E-state index contributed by atoms with van der Waals surface area (Å²) in [6.07, 6.45) is 1.05. The molecule has 1 aliphatic heterocycles. The summed E-state index contributed by atoms with van der Waals surface area (Å²) in [4.78, 5) is 2.21. The first-order chi connectivity index (χ1) is 8.49. The van der Waals surface area contributed by atoms with Crippen LogP contribution in [0.4, 0.5) is 8.78 Å². The number of hydrogen-bond acceptors (Lipinski definition) is 2. The first kappa shape index (κ1) is 13.4. The van der Waals surface area contributed by atoms with Crippen LogP contribution in [0, 0.1) is 17.6 Å². The Kier molecular flexibility index (Phi) is 3.97. The van der Waals surface area contributed by atoms with Crippen LogP contribution in [0.1, 0.15) is 31.9 Å². The summed E-state index contributed by atoms with van der Waals surface area (Å²) < 4.78 is 26.6. The summed E-state index contributed by atoms with van der Waals surface area (Å²) in [7, 11) is 0. The molecule has 0 amide bonds. The van der Waals surface area contributed by atoms with Crippen LogP contribution >= 0.6 is 0 Å². The van der Waals surface area contributed by atoms with Crippen molar-refractivity contribution in [3.8, 4) is 0 Å². The number of nitrogens with two attached hydrogens (primary N) is 1. The van der Waals surface area contributed by atoms with Crippen molar-refractivity contribution >= 4 is 0 Å². The van der Waals surface area contributed by atoms with Gasteiger partial charge in [0.2, 0.25) is 0 Å². The molecular weight excluding hydrogens is 234 g/mol. The maximum atomic E-state index is 13.7. The fourth-order valence-corrected chi connectivity index (χ4v) is 2.63. The molecule has 1 aliphatic rings. The van der Waals surface area contributed by atoms with Crippen LogP contribution < -0.4 is 5.73 Å². The molecule has 1 fully saturated rings. The van der Waals surface area contributed by atoms with Crippen LogP contribution in [-0.4, -0.2) is 24.0 Å². The van der Waals surface area contributed by atoms with Crippen molar-refractivity contribution in [2.45, 2.75) is 32.4 Å². The van der Waals surface area contributed by atoms with Gasteiger partial charge in [0.1, 0.15) is 11.6 Å². The van der Waals surface area contributed by atoms with Gasteiger partial charge < -0.3 is 5.73 Å². The minimum Gasteiger partial charge on any atom is -0.328 e. The average molecular weight is 254 g/mol. The van der Waals surface area contributed by atoms with Crippen LogP contribution in [0.2, 0.25) is 0 Å². The summed E-state index contributed by atoms with van der Waals surface area (Å²) in [6, 6.07) is 3.93. The highest BCUT2D eigenvalue weighted by Gasteiger charge is 2.29. The Morgan fingerprint density at radius 3 is 2.61 bits per heavy atom. The molecule has 2 rings (SSSR count). The van der Waals surface area contributed by atoms with Crippen molar-refractivity contribution in [2.75, 3.05) is 13.1 Å². The number of hydrogen-bond donors (Lipinski definition) is 1. The van der Waals surface area contributed by atoms with E-state index in [9.17, 15) is 8.78 Å². The molecule has 3 atom stereocenters. The fourth-order valence-electron chi connectivity index (χ4n) is 2.63. The molecule has 100 valence electrons. The predicted octanol–water partition coefficient (Wildman–Crippen LogP) is 2.69. The molecule has 2 N–H and O–H groups in total. The number of nitrogens with zero attached hydrogens (tertiary/aromatic N) is 1. The Balaban J connectivity index is 2.10. The Hall–Kier alpha value is -1.00. The second kappa shape index (κ2) is 5.33. The van der Waals surface area contributed by atoms with E-state index < -0.39 is 11.6 Å². The summed E-state index contributed by atoms with van der Waals surface area (Å²) in [5.41, 5.74) is 6.46. The van der Waals surface area contributed by atoms with Gasteiger partial charge in [0, 0.05) is 30.3 Å². The molecule has 1 heterocycles. The largest absolute Gasteiger partial charge is 0.328 e. The van der Waals surface area contributed by atoms with E-state index in [1.807, 2.05) is 13.8 Å². The molecule has 1 saturated heterocycles. The third kappa shape index (κ3) is 2.70. The van der Waals surface area contributed by atoms with Crippen molar-refractivity contribution in [1.29, 1.82) is 0 Å². The Bertz CT molecular complexity index is 420. The summed E-state index contributed by atoms with van der Waals surface area (Å²) in [5.74, 6) is -0.527. The Morgan fingerprint density at radius 1 is 1.33 bits per heavy atom. The quantitative estimate of drug-likeness (QED) is 0.898. The minimum absolute atomic E-state index is 0.0330.